The highest BCUT2D eigenvalue weighted by Crippen LogP contribution is 2.31. The van der Waals surface area contributed by atoms with Crippen molar-refractivity contribution in [3.63, 3.8) is 0 Å². The van der Waals surface area contributed by atoms with E-state index in [1.54, 1.807) is 0 Å². The van der Waals surface area contributed by atoms with Gasteiger partial charge in [0, 0.05) is 17.4 Å². The summed E-state index contributed by atoms with van der Waals surface area (Å²) < 4.78 is 7.85. The summed E-state index contributed by atoms with van der Waals surface area (Å²) in [6.45, 7) is 4.94. The minimum Gasteiger partial charge on any atom is -0.457 e. The molecule has 1 aromatic heterocycles. The number of para-hydroxylation sites is 1. The number of benzene rings is 2. The van der Waals surface area contributed by atoms with Crippen molar-refractivity contribution in [1.29, 1.82) is 0 Å². The molecule has 1 aliphatic heterocycles. The zero-order chi connectivity index (χ0) is 18.1. The molecule has 132 valence electrons. The fourth-order valence-corrected chi connectivity index (χ4v) is 3.09. The molecule has 0 bridgehead atoms. The molecule has 0 spiro atoms. The molecule has 0 saturated heterocycles. The van der Waals surface area contributed by atoms with Crippen LogP contribution >= 0.6 is 0 Å². The summed E-state index contributed by atoms with van der Waals surface area (Å²) in [4.78, 5) is 0. The smallest absolute Gasteiger partial charge is 0.127 e. The highest BCUT2D eigenvalue weighted by Gasteiger charge is 2.21. The predicted molar refractivity (Wildman–Crippen MR) is 107 cm³/mol. The van der Waals surface area contributed by atoms with E-state index in [2.05, 4.69) is 17.7 Å². The van der Waals surface area contributed by atoms with Crippen LogP contribution in [0.4, 0.5) is 11.4 Å². The first-order valence-electron chi connectivity index (χ1n) is 8.63. The van der Waals surface area contributed by atoms with Gasteiger partial charge in [0.2, 0.25) is 0 Å². The lowest BCUT2D eigenvalue weighted by Gasteiger charge is -2.24. The molecule has 3 aromatic rings. The van der Waals surface area contributed by atoms with E-state index in [9.17, 15) is 0 Å². The standard InChI is InChI=1S/C21H22N4O/c1-14-12-23-25-13-19(22)15(2)21(25)20(14)24-16-8-10-18(11-9-16)26-17-6-4-3-5-7-17/h3-11,13,23-24H,12,22H2,1-2H3. The lowest BCUT2D eigenvalue weighted by Crippen LogP contribution is -2.26. The van der Waals surface area contributed by atoms with Crippen molar-refractivity contribution in [2.45, 2.75) is 13.8 Å². The highest BCUT2D eigenvalue weighted by atomic mass is 16.5. The molecule has 2 aromatic carbocycles. The molecule has 26 heavy (non-hydrogen) atoms. The van der Waals surface area contributed by atoms with Crippen molar-refractivity contribution in [3.8, 4) is 11.5 Å². The molecule has 0 fully saturated rings. The number of rotatable bonds is 4. The Hall–Kier alpha value is -3.34. The van der Waals surface area contributed by atoms with Gasteiger partial charge >= 0.3 is 0 Å². The van der Waals surface area contributed by atoms with E-state index in [0.717, 1.165) is 46.4 Å². The van der Waals surface area contributed by atoms with Crippen LogP contribution in [0, 0.1) is 6.92 Å². The Balaban J connectivity index is 1.56. The second-order valence-electron chi connectivity index (χ2n) is 6.48. The molecule has 4 N–H and O–H groups in total. The van der Waals surface area contributed by atoms with Gasteiger partial charge in [-0.1, -0.05) is 18.2 Å². The molecule has 5 heteroatoms. The number of hydrogen-bond acceptors (Lipinski definition) is 4. The van der Waals surface area contributed by atoms with Crippen LogP contribution in [0.5, 0.6) is 11.5 Å². The largest absolute Gasteiger partial charge is 0.457 e. The summed E-state index contributed by atoms with van der Waals surface area (Å²) in [7, 11) is 0. The minimum atomic E-state index is 0.776. The van der Waals surface area contributed by atoms with E-state index < -0.39 is 0 Å². The van der Waals surface area contributed by atoms with Gasteiger partial charge in [-0.25, -0.2) is 0 Å². The fraction of sp³-hybridized carbons (Fsp3) is 0.143. The quantitative estimate of drug-likeness (QED) is 0.647. The highest BCUT2D eigenvalue weighted by molar-refractivity contribution is 5.82. The lowest BCUT2D eigenvalue weighted by atomic mass is 10.1. The van der Waals surface area contributed by atoms with Gasteiger partial charge in [0.25, 0.3) is 0 Å². The van der Waals surface area contributed by atoms with Crippen LogP contribution in [0.2, 0.25) is 0 Å². The molecule has 0 radical (unpaired) electrons. The van der Waals surface area contributed by atoms with Crippen LogP contribution in [0.1, 0.15) is 18.2 Å². The Morgan fingerprint density at radius 1 is 1.00 bits per heavy atom. The maximum absolute atomic E-state index is 6.09. The topological polar surface area (TPSA) is 64.2 Å². The molecule has 5 nitrogen and oxygen atoms in total. The molecule has 0 unspecified atom stereocenters. The molecule has 1 aliphatic rings. The monoisotopic (exact) mass is 346 g/mol. The number of nitrogens with one attached hydrogen (secondary N) is 2. The number of aromatic nitrogens is 1. The average Bonchev–Trinajstić information content (AvgIpc) is 2.94. The minimum absolute atomic E-state index is 0.776. The molecule has 0 atom stereocenters. The van der Waals surface area contributed by atoms with E-state index in [4.69, 9.17) is 10.5 Å². The van der Waals surface area contributed by atoms with Gasteiger partial charge in [-0.3, -0.25) is 4.68 Å². The second kappa shape index (κ2) is 6.52. The Bertz CT molecular complexity index is 956. The van der Waals surface area contributed by atoms with E-state index in [1.807, 2.05) is 72.4 Å². The number of anilines is 2. The maximum Gasteiger partial charge on any atom is 0.127 e. The van der Waals surface area contributed by atoms with Crippen molar-refractivity contribution in [1.82, 2.24) is 4.68 Å². The van der Waals surface area contributed by atoms with Crippen LogP contribution in [0.25, 0.3) is 5.70 Å². The Morgan fingerprint density at radius 2 is 1.69 bits per heavy atom. The summed E-state index contributed by atoms with van der Waals surface area (Å²) in [5.74, 6) is 1.63. The molecular formula is C21H22N4O. The first-order chi connectivity index (χ1) is 12.6. The molecule has 0 saturated carbocycles. The Kier molecular flexibility index (Phi) is 4.05. The van der Waals surface area contributed by atoms with E-state index in [1.165, 1.54) is 5.57 Å². The van der Waals surface area contributed by atoms with Gasteiger partial charge in [0.05, 0.1) is 23.6 Å². The summed E-state index contributed by atoms with van der Waals surface area (Å²) >= 11 is 0. The van der Waals surface area contributed by atoms with E-state index in [0.29, 0.717) is 0 Å². The first kappa shape index (κ1) is 16.1. The number of hydrogen-bond donors (Lipinski definition) is 3. The summed E-state index contributed by atoms with van der Waals surface area (Å²) in [6, 6.07) is 17.7. The Morgan fingerprint density at radius 3 is 2.42 bits per heavy atom. The zero-order valence-electron chi connectivity index (χ0n) is 14.9. The van der Waals surface area contributed by atoms with Crippen molar-refractivity contribution in [3.05, 3.63) is 77.6 Å². The summed E-state index contributed by atoms with van der Waals surface area (Å²) in [6.07, 6.45) is 1.93. The third-order valence-corrected chi connectivity index (χ3v) is 4.58. The third kappa shape index (κ3) is 2.99. The summed E-state index contributed by atoms with van der Waals surface area (Å²) in [5.41, 5.74) is 15.7. The zero-order valence-corrected chi connectivity index (χ0v) is 14.9. The van der Waals surface area contributed by atoms with Crippen LogP contribution < -0.4 is 21.2 Å². The first-order valence-corrected chi connectivity index (χ1v) is 8.63. The van der Waals surface area contributed by atoms with Crippen LogP contribution in [-0.2, 0) is 0 Å². The second-order valence-corrected chi connectivity index (χ2v) is 6.48. The van der Waals surface area contributed by atoms with Gasteiger partial charge in [0.15, 0.2) is 0 Å². The van der Waals surface area contributed by atoms with Gasteiger partial charge < -0.3 is 21.2 Å². The van der Waals surface area contributed by atoms with Crippen LogP contribution in [0.3, 0.4) is 0 Å². The Labute approximate surface area is 153 Å². The van der Waals surface area contributed by atoms with Crippen molar-refractivity contribution < 1.29 is 4.74 Å². The lowest BCUT2D eigenvalue weighted by molar-refractivity contribution is 0.483. The summed E-state index contributed by atoms with van der Waals surface area (Å²) in [5, 5.41) is 3.54. The number of ether oxygens (including phenoxy) is 1. The van der Waals surface area contributed by atoms with Gasteiger partial charge in [-0.2, -0.15) is 0 Å². The average molecular weight is 346 g/mol. The predicted octanol–water partition coefficient (Wildman–Crippen LogP) is 4.57. The van der Waals surface area contributed by atoms with Gasteiger partial charge in [-0.05, 0) is 55.8 Å². The maximum atomic E-state index is 6.09. The fourth-order valence-electron chi connectivity index (χ4n) is 3.09. The van der Waals surface area contributed by atoms with Crippen LogP contribution in [0.15, 0.2) is 66.4 Å². The number of fused-ring (bicyclic) bond motifs is 1. The molecule has 0 amide bonds. The van der Waals surface area contributed by atoms with Crippen molar-refractivity contribution in [2.24, 2.45) is 0 Å². The number of nitrogen functional groups attached to an aromatic ring is 1. The van der Waals surface area contributed by atoms with Gasteiger partial charge in [-0.15, -0.1) is 0 Å². The number of nitrogens with zero attached hydrogens (tertiary/aromatic N) is 1. The normalized spacial score (nSPS) is 13.2. The third-order valence-electron chi connectivity index (χ3n) is 4.58. The van der Waals surface area contributed by atoms with Gasteiger partial charge in [0.1, 0.15) is 11.5 Å². The van der Waals surface area contributed by atoms with Crippen LogP contribution in [-0.4, -0.2) is 11.2 Å². The molecule has 2 heterocycles. The molecular weight excluding hydrogens is 324 g/mol. The molecule has 4 rings (SSSR count). The van der Waals surface area contributed by atoms with E-state index in [-0.39, 0.29) is 0 Å². The van der Waals surface area contributed by atoms with E-state index >= 15 is 0 Å². The van der Waals surface area contributed by atoms with Crippen molar-refractivity contribution in [2.75, 3.05) is 23.0 Å². The molecule has 0 aliphatic carbocycles. The van der Waals surface area contributed by atoms with Crippen molar-refractivity contribution >= 4 is 17.1 Å². The number of nitrogens with two attached hydrogens (primary N) is 1. The SMILES string of the molecule is CC1=C(Nc2ccc(Oc3ccccc3)cc2)c2c(C)c(N)cn2NC1.